The van der Waals surface area contributed by atoms with Crippen molar-refractivity contribution in [3.63, 3.8) is 0 Å². The van der Waals surface area contributed by atoms with Gasteiger partial charge in [0, 0.05) is 12.2 Å². The molecule has 138 valence electrons. The average molecular weight is 355 g/mol. The first-order valence-corrected chi connectivity index (χ1v) is 8.45. The van der Waals surface area contributed by atoms with Gasteiger partial charge in [0.15, 0.2) is 0 Å². The van der Waals surface area contributed by atoms with Gasteiger partial charge in [0.25, 0.3) is 0 Å². The summed E-state index contributed by atoms with van der Waals surface area (Å²) in [4.78, 5) is 26.1. The standard InChI is InChI=1S/C20H25N3O3/c1-15(20(25)21-13-16-7-5-4-6-8-16)23(2)14-19(24)22-17-9-11-18(26-3)12-10-17/h4-12,15H,13-14H2,1-3H3,(H,21,25)(H,22,24)/t15-/m1/s1. The number of hydrogen-bond donors (Lipinski definition) is 2. The number of anilines is 1. The Balaban J connectivity index is 1.79. The minimum absolute atomic E-state index is 0.117. The van der Waals surface area contributed by atoms with Gasteiger partial charge in [-0.05, 0) is 43.8 Å². The monoisotopic (exact) mass is 355 g/mol. The van der Waals surface area contributed by atoms with Crippen LogP contribution >= 0.6 is 0 Å². The Hall–Kier alpha value is -2.86. The number of carbonyl (C=O) groups is 2. The SMILES string of the molecule is COc1ccc(NC(=O)CN(C)[C@H](C)C(=O)NCc2ccccc2)cc1. The summed E-state index contributed by atoms with van der Waals surface area (Å²) in [7, 11) is 3.34. The zero-order chi connectivity index (χ0) is 18.9. The van der Waals surface area contributed by atoms with Gasteiger partial charge < -0.3 is 15.4 Å². The predicted molar refractivity (Wildman–Crippen MR) is 102 cm³/mol. The van der Waals surface area contributed by atoms with Crippen LogP contribution in [0, 0.1) is 0 Å². The van der Waals surface area contributed by atoms with Crippen molar-refractivity contribution in [2.75, 3.05) is 26.0 Å². The number of likely N-dealkylation sites (N-methyl/N-ethyl adjacent to an activating group) is 1. The molecule has 26 heavy (non-hydrogen) atoms. The van der Waals surface area contributed by atoms with Crippen molar-refractivity contribution in [2.45, 2.75) is 19.5 Å². The number of ether oxygens (including phenoxy) is 1. The molecular weight excluding hydrogens is 330 g/mol. The quantitative estimate of drug-likeness (QED) is 0.762. The Morgan fingerprint density at radius 2 is 1.73 bits per heavy atom. The van der Waals surface area contributed by atoms with Gasteiger partial charge in [-0.3, -0.25) is 14.5 Å². The maximum absolute atomic E-state index is 12.3. The van der Waals surface area contributed by atoms with Crippen molar-refractivity contribution in [3.05, 3.63) is 60.2 Å². The van der Waals surface area contributed by atoms with Gasteiger partial charge in [0.1, 0.15) is 5.75 Å². The van der Waals surface area contributed by atoms with Crippen LogP contribution in [0.3, 0.4) is 0 Å². The van der Waals surface area contributed by atoms with Gasteiger partial charge in [-0.15, -0.1) is 0 Å². The minimum atomic E-state index is -0.416. The number of benzene rings is 2. The third-order valence-electron chi connectivity index (χ3n) is 4.12. The van der Waals surface area contributed by atoms with E-state index in [2.05, 4.69) is 10.6 Å². The van der Waals surface area contributed by atoms with Crippen molar-refractivity contribution in [1.82, 2.24) is 10.2 Å². The summed E-state index contributed by atoms with van der Waals surface area (Å²) in [5, 5.41) is 5.70. The second-order valence-electron chi connectivity index (χ2n) is 6.07. The van der Waals surface area contributed by atoms with Crippen molar-refractivity contribution >= 4 is 17.5 Å². The first-order valence-electron chi connectivity index (χ1n) is 8.45. The number of hydrogen-bond acceptors (Lipinski definition) is 4. The number of nitrogens with zero attached hydrogens (tertiary/aromatic N) is 1. The minimum Gasteiger partial charge on any atom is -0.497 e. The van der Waals surface area contributed by atoms with Crippen molar-refractivity contribution in [3.8, 4) is 5.75 Å². The zero-order valence-corrected chi connectivity index (χ0v) is 15.4. The van der Waals surface area contributed by atoms with Crippen LogP contribution in [0.25, 0.3) is 0 Å². The van der Waals surface area contributed by atoms with E-state index >= 15 is 0 Å². The summed E-state index contributed by atoms with van der Waals surface area (Å²) < 4.78 is 5.09. The Kier molecular flexibility index (Phi) is 7.17. The van der Waals surface area contributed by atoms with E-state index in [-0.39, 0.29) is 18.4 Å². The lowest BCUT2D eigenvalue weighted by molar-refractivity contribution is -0.126. The van der Waals surface area contributed by atoms with Gasteiger partial charge >= 0.3 is 0 Å². The lowest BCUT2D eigenvalue weighted by Gasteiger charge is -2.23. The Labute approximate surface area is 154 Å². The molecule has 2 amide bonds. The number of rotatable bonds is 8. The van der Waals surface area contributed by atoms with Crippen LogP contribution < -0.4 is 15.4 Å². The highest BCUT2D eigenvalue weighted by Crippen LogP contribution is 2.14. The fourth-order valence-electron chi connectivity index (χ4n) is 2.37. The molecule has 0 saturated heterocycles. The van der Waals surface area contributed by atoms with E-state index in [1.165, 1.54) is 0 Å². The van der Waals surface area contributed by atoms with Gasteiger partial charge in [0.05, 0.1) is 19.7 Å². The van der Waals surface area contributed by atoms with E-state index in [9.17, 15) is 9.59 Å². The van der Waals surface area contributed by atoms with Crippen LogP contribution in [0.4, 0.5) is 5.69 Å². The molecule has 0 saturated carbocycles. The second-order valence-corrected chi connectivity index (χ2v) is 6.07. The van der Waals surface area contributed by atoms with Crippen LogP contribution in [0.2, 0.25) is 0 Å². The highest BCUT2D eigenvalue weighted by atomic mass is 16.5. The molecule has 0 heterocycles. The molecule has 2 aromatic carbocycles. The van der Waals surface area contributed by atoms with Crippen molar-refractivity contribution < 1.29 is 14.3 Å². The molecule has 0 unspecified atom stereocenters. The Morgan fingerprint density at radius 1 is 1.08 bits per heavy atom. The number of amides is 2. The summed E-state index contributed by atoms with van der Waals surface area (Å²) >= 11 is 0. The van der Waals surface area contributed by atoms with Crippen LogP contribution in [-0.2, 0) is 16.1 Å². The summed E-state index contributed by atoms with van der Waals surface area (Å²) in [5.74, 6) is 0.429. The molecule has 0 aliphatic carbocycles. The maximum Gasteiger partial charge on any atom is 0.238 e. The molecule has 6 nitrogen and oxygen atoms in total. The Bertz CT molecular complexity index is 717. The highest BCUT2D eigenvalue weighted by Gasteiger charge is 2.19. The average Bonchev–Trinajstić information content (AvgIpc) is 2.66. The topological polar surface area (TPSA) is 70.7 Å². The maximum atomic E-state index is 12.3. The van der Waals surface area contributed by atoms with Gasteiger partial charge in [-0.2, -0.15) is 0 Å². The molecule has 0 aliphatic rings. The van der Waals surface area contributed by atoms with Gasteiger partial charge in [-0.25, -0.2) is 0 Å². The smallest absolute Gasteiger partial charge is 0.238 e. The number of methoxy groups -OCH3 is 1. The lowest BCUT2D eigenvalue weighted by atomic mass is 10.2. The summed E-state index contributed by atoms with van der Waals surface area (Å²) in [6.07, 6.45) is 0. The fraction of sp³-hybridized carbons (Fsp3) is 0.300. The molecule has 0 spiro atoms. The van der Waals surface area contributed by atoms with Crippen LogP contribution in [0.1, 0.15) is 12.5 Å². The van der Waals surface area contributed by atoms with Crippen LogP contribution in [0.5, 0.6) is 5.75 Å². The zero-order valence-electron chi connectivity index (χ0n) is 15.4. The number of nitrogens with one attached hydrogen (secondary N) is 2. The fourth-order valence-corrected chi connectivity index (χ4v) is 2.37. The molecule has 2 N–H and O–H groups in total. The van der Waals surface area contributed by atoms with E-state index < -0.39 is 6.04 Å². The summed E-state index contributed by atoms with van der Waals surface area (Å²) in [6, 6.07) is 16.4. The normalized spacial score (nSPS) is 11.7. The second kappa shape index (κ2) is 9.58. The first-order chi connectivity index (χ1) is 12.5. The van der Waals surface area contributed by atoms with E-state index in [4.69, 9.17) is 4.74 Å². The molecule has 0 radical (unpaired) electrons. The molecular formula is C20H25N3O3. The van der Waals surface area contributed by atoms with Crippen LogP contribution in [-0.4, -0.2) is 43.5 Å². The molecule has 2 rings (SSSR count). The number of carbonyl (C=O) groups excluding carboxylic acids is 2. The molecule has 0 aliphatic heterocycles. The van der Waals surface area contributed by atoms with E-state index in [0.717, 1.165) is 11.3 Å². The van der Waals surface area contributed by atoms with Crippen LogP contribution in [0.15, 0.2) is 54.6 Å². The van der Waals surface area contributed by atoms with Gasteiger partial charge in [0.2, 0.25) is 11.8 Å². The summed E-state index contributed by atoms with van der Waals surface area (Å²) in [5.41, 5.74) is 1.72. The lowest BCUT2D eigenvalue weighted by Crippen LogP contribution is -2.45. The predicted octanol–water partition coefficient (Wildman–Crippen LogP) is 2.27. The van der Waals surface area contributed by atoms with E-state index in [0.29, 0.717) is 12.2 Å². The third kappa shape index (κ3) is 5.89. The molecule has 2 aromatic rings. The van der Waals surface area contributed by atoms with Gasteiger partial charge in [-0.1, -0.05) is 30.3 Å². The molecule has 1 atom stereocenters. The highest BCUT2D eigenvalue weighted by molar-refractivity contribution is 5.92. The molecule has 0 aromatic heterocycles. The van der Waals surface area contributed by atoms with E-state index in [1.807, 2.05) is 30.3 Å². The molecule has 0 bridgehead atoms. The largest absolute Gasteiger partial charge is 0.497 e. The Morgan fingerprint density at radius 3 is 2.35 bits per heavy atom. The summed E-state index contributed by atoms with van der Waals surface area (Å²) in [6.45, 7) is 2.36. The van der Waals surface area contributed by atoms with Crippen molar-refractivity contribution in [1.29, 1.82) is 0 Å². The molecule has 6 heteroatoms. The molecule has 0 fully saturated rings. The van der Waals surface area contributed by atoms with Crippen molar-refractivity contribution in [2.24, 2.45) is 0 Å². The van der Waals surface area contributed by atoms with E-state index in [1.54, 1.807) is 50.2 Å². The first kappa shape index (κ1) is 19.5. The third-order valence-corrected chi connectivity index (χ3v) is 4.12.